The van der Waals surface area contributed by atoms with Gasteiger partial charge in [0.15, 0.2) is 0 Å². The van der Waals surface area contributed by atoms with Crippen LogP contribution in [0.2, 0.25) is 0 Å². The molecular weight excluding hydrogens is 668 g/mol. The summed E-state index contributed by atoms with van der Waals surface area (Å²) >= 11 is 0. The van der Waals surface area contributed by atoms with Crippen LogP contribution in [0.5, 0.6) is 11.5 Å². The number of hydrazine groups is 1. The number of nitrogens with zero attached hydrogens (tertiary/aromatic N) is 2. The summed E-state index contributed by atoms with van der Waals surface area (Å²) in [6.07, 6.45) is 3.28. The molecule has 2 N–H and O–H groups in total. The number of ether oxygens (including phenoxy) is 2. The Kier molecular flexibility index (Phi) is 10.4. The van der Waals surface area contributed by atoms with Crippen molar-refractivity contribution in [3.05, 3.63) is 143 Å². The van der Waals surface area contributed by atoms with Crippen molar-refractivity contribution in [2.45, 2.75) is 19.3 Å². The largest absolute Gasteiger partial charge is 0.496 e. The number of carbonyl (C=O) groups excluding carboxylic acids is 2. The molecule has 0 saturated carbocycles. The predicted octanol–water partition coefficient (Wildman–Crippen LogP) is 8.25. The lowest BCUT2D eigenvalue weighted by Crippen LogP contribution is -2.45. The van der Waals surface area contributed by atoms with Gasteiger partial charge < -0.3 is 19.2 Å². The van der Waals surface area contributed by atoms with Gasteiger partial charge in [-0.25, -0.2) is 14.8 Å². The SMILES string of the molecule is COc1cccc(NC(=O)c2cccc3ccccc23)c1C(=O)NN1CCCCC1.COc1cccc2nc(-c3cccc4ccccc34)oc(=O)c12. The normalized spacial score (nSPS) is 12.9. The summed E-state index contributed by atoms with van der Waals surface area (Å²) in [5.74, 6) is 0.635. The first-order chi connectivity index (χ1) is 25.9. The van der Waals surface area contributed by atoms with Crippen LogP contribution in [0.3, 0.4) is 0 Å². The van der Waals surface area contributed by atoms with Crippen molar-refractivity contribution < 1.29 is 23.5 Å². The maximum atomic E-state index is 13.1. The molecule has 7 aromatic rings. The van der Waals surface area contributed by atoms with E-state index >= 15 is 0 Å². The van der Waals surface area contributed by atoms with E-state index < -0.39 is 5.63 Å². The third kappa shape index (κ3) is 7.44. The number of aromatic nitrogens is 1. The van der Waals surface area contributed by atoms with Gasteiger partial charge in [0, 0.05) is 24.2 Å². The molecule has 1 aliphatic rings. The quantitative estimate of drug-likeness (QED) is 0.170. The lowest BCUT2D eigenvalue weighted by molar-refractivity contribution is 0.0748. The second kappa shape index (κ2) is 15.8. The minimum absolute atomic E-state index is 0.271. The fourth-order valence-electron chi connectivity index (χ4n) is 6.64. The number of benzene rings is 6. The van der Waals surface area contributed by atoms with Gasteiger partial charge in [-0.3, -0.25) is 15.0 Å². The third-order valence-electron chi connectivity index (χ3n) is 9.23. The van der Waals surface area contributed by atoms with Crippen LogP contribution in [0.1, 0.15) is 40.0 Å². The van der Waals surface area contributed by atoms with Gasteiger partial charge in [0.2, 0.25) is 5.89 Å². The zero-order valence-electron chi connectivity index (χ0n) is 29.4. The van der Waals surface area contributed by atoms with Crippen LogP contribution >= 0.6 is 0 Å². The Hall–Kier alpha value is -6.52. The molecule has 10 heteroatoms. The molecule has 1 aromatic heterocycles. The molecule has 6 aromatic carbocycles. The van der Waals surface area contributed by atoms with Gasteiger partial charge in [0.1, 0.15) is 22.4 Å². The lowest BCUT2D eigenvalue weighted by atomic mass is 10.0. The molecule has 8 rings (SSSR count). The summed E-state index contributed by atoms with van der Waals surface area (Å²) in [4.78, 5) is 43.1. The number of methoxy groups -OCH3 is 2. The maximum Gasteiger partial charge on any atom is 0.350 e. The van der Waals surface area contributed by atoms with Crippen molar-refractivity contribution in [3.63, 3.8) is 0 Å². The van der Waals surface area contributed by atoms with E-state index in [-0.39, 0.29) is 11.8 Å². The van der Waals surface area contributed by atoms with E-state index in [1.807, 2.05) is 83.9 Å². The van der Waals surface area contributed by atoms with Gasteiger partial charge in [-0.05, 0) is 70.8 Å². The topological polar surface area (TPSA) is 123 Å². The number of anilines is 1. The average molecular weight is 707 g/mol. The number of hydrogen-bond donors (Lipinski definition) is 2. The van der Waals surface area contributed by atoms with Gasteiger partial charge in [-0.2, -0.15) is 0 Å². The van der Waals surface area contributed by atoms with Gasteiger partial charge in [0.05, 0.1) is 25.4 Å². The van der Waals surface area contributed by atoms with Crippen molar-refractivity contribution >= 4 is 49.9 Å². The van der Waals surface area contributed by atoms with E-state index in [1.165, 1.54) is 20.6 Å². The number of piperidine rings is 1. The smallest absolute Gasteiger partial charge is 0.350 e. The monoisotopic (exact) mass is 706 g/mol. The van der Waals surface area contributed by atoms with Gasteiger partial charge in [-0.15, -0.1) is 0 Å². The standard InChI is InChI=1S/C24H25N3O3.C19H13NO3/c1-30-21-14-8-13-20(22(21)24(29)26-27-15-5-2-6-16-27)25-23(28)19-12-7-10-17-9-3-4-11-18(17)19;1-22-16-11-5-10-15-17(16)19(21)23-18(20-15)14-9-4-7-12-6-2-3-8-13(12)14/h3-4,7-14H,2,5-6,15-16H2,1H3,(H,25,28)(H,26,29);2-11H,1H3. The minimum Gasteiger partial charge on any atom is -0.496 e. The Labute approximate surface area is 305 Å². The summed E-state index contributed by atoms with van der Waals surface area (Å²) in [6, 6.07) is 37.6. The average Bonchev–Trinajstić information content (AvgIpc) is 3.20. The first kappa shape index (κ1) is 34.9. The lowest BCUT2D eigenvalue weighted by Gasteiger charge is -2.27. The van der Waals surface area contributed by atoms with E-state index in [0.29, 0.717) is 45.1 Å². The number of carbonyl (C=O) groups is 2. The zero-order valence-corrected chi connectivity index (χ0v) is 29.4. The second-order valence-corrected chi connectivity index (χ2v) is 12.5. The number of amides is 2. The van der Waals surface area contributed by atoms with E-state index in [2.05, 4.69) is 15.7 Å². The number of hydrogen-bond acceptors (Lipinski definition) is 8. The molecule has 0 bridgehead atoms. The summed E-state index contributed by atoms with van der Waals surface area (Å²) in [7, 11) is 3.04. The maximum absolute atomic E-state index is 13.1. The molecule has 53 heavy (non-hydrogen) atoms. The highest BCUT2D eigenvalue weighted by Crippen LogP contribution is 2.30. The van der Waals surface area contributed by atoms with Crippen LogP contribution in [-0.2, 0) is 0 Å². The molecule has 1 fully saturated rings. The molecule has 0 aliphatic carbocycles. The van der Waals surface area contributed by atoms with Crippen molar-refractivity contribution in [2.75, 3.05) is 32.6 Å². The van der Waals surface area contributed by atoms with Crippen molar-refractivity contribution in [3.8, 4) is 23.0 Å². The van der Waals surface area contributed by atoms with Crippen LogP contribution in [-0.4, -0.2) is 49.1 Å². The molecule has 2 amide bonds. The van der Waals surface area contributed by atoms with Gasteiger partial charge >= 0.3 is 5.63 Å². The predicted molar refractivity (Wildman–Crippen MR) is 208 cm³/mol. The van der Waals surface area contributed by atoms with Crippen LogP contribution in [0.15, 0.2) is 131 Å². The summed E-state index contributed by atoms with van der Waals surface area (Å²) in [5.41, 5.74) is 5.15. The molecule has 2 heterocycles. The first-order valence-electron chi connectivity index (χ1n) is 17.4. The Bertz CT molecular complexity index is 2500. The molecule has 1 aliphatic heterocycles. The molecular formula is C43H38N4O6. The molecule has 0 spiro atoms. The Morgan fingerprint density at radius 1 is 0.679 bits per heavy atom. The summed E-state index contributed by atoms with van der Waals surface area (Å²) in [6.45, 7) is 1.64. The van der Waals surface area contributed by atoms with Crippen LogP contribution in [0, 0.1) is 0 Å². The fourth-order valence-corrected chi connectivity index (χ4v) is 6.64. The molecule has 266 valence electrons. The summed E-state index contributed by atoms with van der Waals surface area (Å²) in [5, 5.41) is 9.11. The highest BCUT2D eigenvalue weighted by atomic mass is 16.5. The van der Waals surface area contributed by atoms with Gasteiger partial charge in [-0.1, -0.05) is 91.3 Å². The van der Waals surface area contributed by atoms with E-state index in [9.17, 15) is 14.4 Å². The molecule has 1 saturated heterocycles. The molecule has 0 atom stereocenters. The molecule has 10 nitrogen and oxygen atoms in total. The molecule has 0 radical (unpaired) electrons. The molecule has 0 unspecified atom stereocenters. The van der Waals surface area contributed by atoms with Crippen molar-refractivity contribution in [1.29, 1.82) is 0 Å². The number of fused-ring (bicyclic) bond motifs is 3. The van der Waals surface area contributed by atoms with Crippen molar-refractivity contribution in [2.24, 2.45) is 0 Å². The van der Waals surface area contributed by atoms with Gasteiger partial charge in [0.25, 0.3) is 11.8 Å². The Morgan fingerprint density at radius 2 is 1.30 bits per heavy atom. The number of rotatable bonds is 7. The number of nitrogens with one attached hydrogen (secondary N) is 2. The summed E-state index contributed by atoms with van der Waals surface area (Å²) < 4.78 is 16.1. The Morgan fingerprint density at radius 3 is 2.06 bits per heavy atom. The van der Waals surface area contributed by atoms with Crippen LogP contribution in [0.4, 0.5) is 5.69 Å². The van der Waals surface area contributed by atoms with Crippen molar-refractivity contribution in [1.82, 2.24) is 15.4 Å². The Balaban J connectivity index is 0.000000170. The minimum atomic E-state index is -0.449. The highest BCUT2D eigenvalue weighted by molar-refractivity contribution is 6.15. The van der Waals surface area contributed by atoms with E-state index in [1.54, 1.807) is 42.5 Å². The van der Waals surface area contributed by atoms with E-state index in [4.69, 9.17) is 13.9 Å². The van der Waals surface area contributed by atoms with Crippen LogP contribution in [0.25, 0.3) is 43.9 Å². The van der Waals surface area contributed by atoms with E-state index in [0.717, 1.165) is 53.0 Å². The second-order valence-electron chi connectivity index (χ2n) is 12.5. The fraction of sp³-hybridized carbons (Fsp3) is 0.163. The first-order valence-corrected chi connectivity index (χ1v) is 17.4. The van der Waals surface area contributed by atoms with Crippen LogP contribution < -0.4 is 25.8 Å². The highest BCUT2D eigenvalue weighted by Gasteiger charge is 2.23. The third-order valence-corrected chi connectivity index (χ3v) is 9.23. The zero-order chi connectivity index (χ0) is 36.7.